The summed E-state index contributed by atoms with van der Waals surface area (Å²) in [6.45, 7) is 3.82. The zero-order valence-electron chi connectivity index (χ0n) is 19.4. The molecule has 4 N–H and O–H groups in total. The number of carbonyl (C=O) groups is 2. The molecule has 0 atom stereocenters. The van der Waals surface area contributed by atoms with Gasteiger partial charge in [-0.2, -0.15) is 0 Å². The zero-order valence-corrected chi connectivity index (χ0v) is 20.9. The van der Waals surface area contributed by atoms with E-state index in [1.54, 1.807) is 54.6 Å². The average molecular weight is 521 g/mol. The molecule has 0 aromatic heterocycles. The lowest BCUT2D eigenvalue weighted by Crippen LogP contribution is -2.05. The quantitative estimate of drug-likeness (QED) is 0.196. The third-order valence-electron chi connectivity index (χ3n) is 5.76. The Kier molecular flexibility index (Phi) is 7.20. The number of aryl methyl sites for hydroxylation is 2. The molecule has 6 nitrogen and oxygen atoms in total. The molecular weight excluding hydrogens is 499 g/mol. The molecule has 0 heterocycles. The smallest absolute Gasteiger partial charge is 0.337 e. The van der Waals surface area contributed by atoms with Gasteiger partial charge in [-0.3, -0.25) is 0 Å². The fraction of sp³-hybridized carbons (Fsp3) is 0.0714. The number of hydrogen-bond acceptors (Lipinski definition) is 4. The number of benzene rings is 4. The highest BCUT2D eigenvalue weighted by atomic mass is 35.5. The van der Waals surface area contributed by atoms with Gasteiger partial charge in [-0.25, -0.2) is 9.59 Å². The minimum absolute atomic E-state index is 0.0661. The van der Waals surface area contributed by atoms with E-state index in [-0.39, 0.29) is 11.1 Å². The van der Waals surface area contributed by atoms with Gasteiger partial charge in [0.05, 0.1) is 38.2 Å². The molecule has 0 saturated carbocycles. The Morgan fingerprint density at radius 2 is 1.19 bits per heavy atom. The van der Waals surface area contributed by atoms with Crippen molar-refractivity contribution >= 4 is 57.9 Å². The van der Waals surface area contributed by atoms with Crippen molar-refractivity contribution in [2.24, 2.45) is 0 Å². The maximum Gasteiger partial charge on any atom is 0.337 e. The summed E-state index contributed by atoms with van der Waals surface area (Å²) >= 11 is 12.5. The first-order chi connectivity index (χ1) is 17.2. The molecular formula is C28H22Cl2N2O4. The normalized spacial score (nSPS) is 10.7. The number of carboxylic acid groups (broad SMARTS) is 2. The van der Waals surface area contributed by atoms with E-state index in [1.807, 2.05) is 32.0 Å². The Morgan fingerprint density at radius 1 is 0.639 bits per heavy atom. The minimum atomic E-state index is -1.10. The van der Waals surface area contributed by atoms with Crippen molar-refractivity contribution < 1.29 is 19.8 Å². The third kappa shape index (κ3) is 5.15. The van der Waals surface area contributed by atoms with Crippen LogP contribution in [0.5, 0.6) is 0 Å². The summed E-state index contributed by atoms with van der Waals surface area (Å²) in [5, 5.41) is 26.4. The molecule has 0 aliphatic carbocycles. The van der Waals surface area contributed by atoms with Crippen molar-refractivity contribution in [3.63, 3.8) is 0 Å². The summed E-state index contributed by atoms with van der Waals surface area (Å²) in [6.07, 6.45) is 0. The number of nitrogens with one attached hydrogen (secondary N) is 2. The fourth-order valence-electron chi connectivity index (χ4n) is 4.00. The summed E-state index contributed by atoms with van der Waals surface area (Å²) in [5.41, 5.74) is 5.61. The van der Waals surface area contributed by atoms with Crippen molar-refractivity contribution in [3.05, 3.63) is 105 Å². The molecule has 8 heteroatoms. The van der Waals surface area contributed by atoms with Crippen molar-refractivity contribution in [3.8, 4) is 11.1 Å². The zero-order chi connectivity index (χ0) is 26.0. The molecule has 0 radical (unpaired) electrons. The molecule has 36 heavy (non-hydrogen) atoms. The van der Waals surface area contributed by atoms with Crippen LogP contribution >= 0.6 is 23.2 Å². The van der Waals surface area contributed by atoms with Crippen LogP contribution in [0.1, 0.15) is 31.8 Å². The molecule has 4 aromatic carbocycles. The lowest BCUT2D eigenvalue weighted by atomic mass is 9.96. The van der Waals surface area contributed by atoms with Crippen LogP contribution in [0.2, 0.25) is 10.0 Å². The van der Waals surface area contributed by atoms with Gasteiger partial charge in [-0.05, 0) is 84.6 Å². The van der Waals surface area contributed by atoms with E-state index in [2.05, 4.69) is 10.6 Å². The monoisotopic (exact) mass is 520 g/mol. The highest BCUT2D eigenvalue weighted by molar-refractivity contribution is 6.39. The maximum absolute atomic E-state index is 12.1. The van der Waals surface area contributed by atoms with Gasteiger partial charge in [0, 0.05) is 5.69 Å². The third-order valence-corrected chi connectivity index (χ3v) is 6.39. The van der Waals surface area contributed by atoms with E-state index in [1.165, 1.54) is 0 Å². The first kappa shape index (κ1) is 25.1. The second-order valence-corrected chi connectivity index (χ2v) is 9.06. The lowest BCUT2D eigenvalue weighted by Gasteiger charge is -2.17. The number of anilines is 4. The SMILES string of the molecule is Cc1cc(-c2ccc(Nc3c(Cl)cccc3Cl)c(C(=O)O)c2)cc(C)c1Nc1ccccc1C(=O)O. The van der Waals surface area contributed by atoms with Crippen LogP contribution in [0.15, 0.2) is 72.8 Å². The number of para-hydroxylation sites is 2. The number of hydrogen-bond donors (Lipinski definition) is 4. The van der Waals surface area contributed by atoms with Crippen LogP contribution in [0.25, 0.3) is 11.1 Å². The fourth-order valence-corrected chi connectivity index (χ4v) is 4.49. The molecule has 0 amide bonds. The lowest BCUT2D eigenvalue weighted by molar-refractivity contribution is 0.0687. The van der Waals surface area contributed by atoms with Crippen LogP contribution in [0.3, 0.4) is 0 Å². The Morgan fingerprint density at radius 3 is 1.81 bits per heavy atom. The molecule has 0 saturated heterocycles. The van der Waals surface area contributed by atoms with Crippen LogP contribution in [-0.4, -0.2) is 22.2 Å². The van der Waals surface area contributed by atoms with Gasteiger partial charge in [0.25, 0.3) is 0 Å². The number of aromatic carboxylic acids is 2. The van der Waals surface area contributed by atoms with E-state index >= 15 is 0 Å². The van der Waals surface area contributed by atoms with Gasteiger partial charge in [0.15, 0.2) is 0 Å². The molecule has 0 aliphatic heterocycles. The van der Waals surface area contributed by atoms with Crippen LogP contribution in [0.4, 0.5) is 22.7 Å². The topological polar surface area (TPSA) is 98.7 Å². The Bertz CT molecular complexity index is 1460. The van der Waals surface area contributed by atoms with E-state index in [0.29, 0.717) is 32.7 Å². The summed E-state index contributed by atoms with van der Waals surface area (Å²) in [4.78, 5) is 23.7. The van der Waals surface area contributed by atoms with Gasteiger partial charge in [0.1, 0.15) is 0 Å². The number of halogens is 2. The van der Waals surface area contributed by atoms with Crippen LogP contribution in [-0.2, 0) is 0 Å². The first-order valence-electron chi connectivity index (χ1n) is 10.9. The van der Waals surface area contributed by atoms with Crippen LogP contribution in [0, 0.1) is 13.8 Å². The summed E-state index contributed by atoms with van der Waals surface area (Å²) in [7, 11) is 0. The van der Waals surface area contributed by atoms with Crippen molar-refractivity contribution in [2.75, 3.05) is 10.6 Å². The molecule has 182 valence electrons. The minimum Gasteiger partial charge on any atom is -0.478 e. The van der Waals surface area contributed by atoms with Gasteiger partial charge < -0.3 is 20.8 Å². The van der Waals surface area contributed by atoms with Crippen molar-refractivity contribution in [2.45, 2.75) is 13.8 Å². The van der Waals surface area contributed by atoms with Gasteiger partial charge in [-0.1, -0.05) is 47.5 Å². The first-order valence-corrected chi connectivity index (χ1v) is 11.7. The molecule has 0 unspecified atom stereocenters. The van der Waals surface area contributed by atoms with Gasteiger partial charge in [0.2, 0.25) is 0 Å². The summed E-state index contributed by atoms with van der Waals surface area (Å²) in [5.74, 6) is -2.11. The summed E-state index contributed by atoms with van der Waals surface area (Å²) in [6, 6.07) is 20.7. The van der Waals surface area contributed by atoms with E-state index in [4.69, 9.17) is 23.2 Å². The van der Waals surface area contributed by atoms with Gasteiger partial charge in [-0.15, -0.1) is 0 Å². The standard InChI is InChI=1S/C28H22Cl2N2O4/c1-15-12-18(13-16(2)25(15)31-23-9-4-3-6-19(23)27(33)34)17-10-11-24(20(14-17)28(35)36)32-26-21(29)7-5-8-22(26)30/h3-14,31-32H,1-2H3,(H,33,34)(H,35,36). The average Bonchev–Trinajstić information content (AvgIpc) is 2.83. The second-order valence-electron chi connectivity index (χ2n) is 8.25. The van der Waals surface area contributed by atoms with Crippen LogP contribution < -0.4 is 10.6 Å². The van der Waals surface area contributed by atoms with Crippen molar-refractivity contribution in [1.29, 1.82) is 0 Å². The largest absolute Gasteiger partial charge is 0.478 e. The number of rotatable bonds is 7. The number of carboxylic acids is 2. The highest BCUT2D eigenvalue weighted by Gasteiger charge is 2.17. The molecule has 0 fully saturated rings. The molecule has 0 aliphatic rings. The van der Waals surface area contributed by atoms with Gasteiger partial charge >= 0.3 is 11.9 Å². The molecule has 4 rings (SSSR count). The Labute approximate surface area is 218 Å². The van der Waals surface area contributed by atoms with Crippen molar-refractivity contribution in [1.82, 2.24) is 0 Å². The second kappa shape index (κ2) is 10.3. The molecule has 0 bridgehead atoms. The predicted octanol–water partition coefficient (Wildman–Crippen LogP) is 8.16. The predicted molar refractivity (Wildman–Crippen MR) is 145 cm³/mol. The van der Waals surface area contributed by atoms with E-state index < -0.39 is 11.9 Å². The molecule has 4 aromatic rings. The van der Waals surface area contributed by atoms with E-state index in [9.17, 15) is 19.8 Å². The maximum atomic E-state index is 12.1. The Balaban J connectivity index is 1.70. The van der Waals surface area contributed by atoms with E-state index in [0.717, 1.165) is 22.4 Å². The Hall–Kier alpha value is -4.00. The summed E-state index contributed by atoms with van der Waals surface area (Å²) < 4.78 is 0. The highest BCUT2D eigenvalue weighted by Crippen LogP contribution is 2.36. The molecule has 0 spiro atoms.